The number of amides is 1. The molecule has 0 spiro atoms. The molecule has 7 nitrogen and oxygen atoms in total. The highest BCUT2D eigenvalue weighted by molar-refractivity contribution is 6.15. The molecule has 0 saturated heterocycles. The van der Waals surface area contributed by atoms with Crippen molar-refractivity contribution in [2.24, 2.45) is 0 Å². The van der Waals surface area contributed by atoms with Gasteiger partial charge in [0.25, 0.3) is 5.91 Å². The predicted octanol–water partition coefficient (Wildman–Crippen LogP) is 5.55. The van der Waals surface area contributed by atoms with Gasteiger partial charge in [-0.15, -0.1) is 0 Å². The van der Waals surface area contributed by atoms with Gasteiger partial charge >= 0.3 is 0 Å². The molecule has 0 atom stereocenters. The van der Waals surface area contributed by atoms with Crippen LogP contribution in [0.5, 0.6) is 0 Å². The van der Waals surface area contributed by atoms with Gasteiger partial charge in [-0.25, -0.2) is 4.98 Å². The molecule has 0 aliphatic carbocycles. The lowest BCUT2D eigenvalue weighted by molar-refractivity contribution is 0.102. The lowest BCUT2D eigenvalue weighted by Gasteiger charge is -2.12. The Morgan fingerprint density at radius 3 is 1.89 bits per heavy atom. The van der Waals surface area contributed by atoms with E-state index >= 15 is 0 Å². The molecule has 0 aliphatic rings. The molecule has 0 fully saturated rings. The van der Waals surface area contributed by atoms with Gasteiger partial charge in [0.1, 0.15) is 0 Å². The Hall–Kier alpha value is -5.04. The van der Waals surface area contributed by atoms with Crippen molar-refractivity contribution in [3.8, 4) is 22.8 Å². The van der Waals surface area contributed by atoms with Crippen molar-refractivity contribution in [2.45, 2.75) is 0 Å². The zero-order valence-corrected chi connectivity index (χ0v) is 18.5. The molecule has 1 amide bonds. The summed E-state index contributed by atoms with van der Waals surface area (Å²) in [6.07, 6.45) is 6.87. The summed E-state index contributed by atoms with van der Waals surface area (Å²) in [5.74, 6) is -0.268. The van der Waals surface area contributed by atoms with Crippen LogP contribution >= 0.6 is 0 Å². The molecule has 0 saturated carbocycles. The Kier molecular flexibility index (Phi) is 5.12. The standard InChI is InChI=1S/C28H18N6O/c35-28(34-23-15-18-7-5-13-31-26(18)27-20(23)8-6-14-32-27)19-16-24(21-9-1-3-11-29-21)33-25(17-19)22-10-2-4-12-30-22/h1-17H,(H,34,35). The number of anilines is 1. The number of pyridine rings is 5. The van der Waals surface area contributed by atoms with Crippen molar-refractivity contribution >= 4 is 33.4 Å². The topological polar surface area (TPSA) is 93.6 Å². The lowest BCUT2D eigenvalue weighted by atomic mass is 10.1. The monoisotopic (exact) mass is 454 g/mol. The number of nitrogens with one attached hydrogen (secondary N) is 1. The number of fused-ring (bicyclic) bond motifs is 3. The van der Waals surface area contributed by atoms with Crippen LogP contribution in [0.15, 0.2) is 104 Å². The molecule has 1 aromatic carbocycles. The Labute approximate surface area is 200 Å². The fraction of sp³-hybridized carbons (Fsp3) is 0. The van der Waals surface area contributed by atoms with Crippen LogP contribution in [-0.4, -0.2) is 30.8 Å². The highest BCUT2D eigenvalue weighted by Crippen LogP contribution is 2.30. The first kappa shape index (κ1) is 20.6. The minimum atomic E-state index is -0.268. The highest BCUT2D eigenvalue weighted by atomic mass is 16.1. The van der Waals surface area contributed by atoms with Gasteiger partial charge < -0.3 is 5.32 Å². The van der Waals surface area contributed by atoms with Gasteiger partial charge in [0.2, 0.25) is 0 Å². The van der Waals surface area contributed by atoms with Crippen LogP contribution in [0.1, 0.15) is 10.4 Å². The fourth-order valence-corrected chi connectivity index (χ4v) is 4.03. The third-order valence-electron chi connectivity index (χ3n) is 5.65. The number of carbonyl (C=O) groups excluding carboxylic acids is 1. The summed E-state index contributed by atoms with van der Waals surface area (Å²) in [4.78, 5) is 36.1. The molecule has 5 aromatic heterocycles. The van der Waals surface area contributed by atoms with Crippen molar-refractivity contribution < 1.29 is 4.79 Å². The van der Waals surface area contributed by atoms with Gasteiger partial charge in [0.15, 0.2) is 0 Å². The first-order valence-corrected chi connectivity index (χ1v) is 11.0. The minimum Gasteiger partial charge on any atom is -0.321 e. The fourth-order valence-electron chi connectivity index (χ4n) is 4.03. The summed E-state index contributed by atoms with van der Waals surface area (Å²) in [5.41, 5.74) is 5.16. The molecular weight excluding hydrogens is 436 g/mol. The lowest BCUT2D eigenvalue weighted by Crippen LogP contribution is -2.13. The van der Waals surface area contributed by atoms with Crippen LogP contribution in [0.2, 0.25) is 0 Å². The van der Waals surface area contributed by atoms with Crippen molar-refractivity contribution in [1.82, 2.24) is 24.9 Å². The molecule has 0 aliphatic heterocycles. The van der Waals surface area contributed by atoms with Gasteiger partial charge in [-0.1, -0.05) is 18.2 Å². The van der Waals surface area contributed by atoms with E-state index in [2.05, 4.69) is 25.3 Å². The summed E-state index contributed by atoms with van der Waals surface area (Å²) >= 11 is 0. The first-order valence-electron chi connectivity index (χ1n) is 11.0. The number of aromatic nitrogens is 5. The van der Waals surface area contributed by atoms with Crippen LogP contribution in [0, 0.1) is 0 Å². The largest absolute Gasteiger partial charge is 0.321 e. The molecule has 0 radical (unpaired) electrons. The Balaban J connectivity index is 1.46. The summed E-state index contributed by atoms with van der Waals surface area (Å²) in [7, 11) is 0. The molecule has 1 N–H and O–H groups in total. The van der Waals surface area contributed by atoms with Crippen LogP contribution in [0.4, 0.5) is 5.69 Å². The van der Waals surface area contributed by atoms with E-state index in [4.69, 9.17) is 4.98 Å². The summed E-state index contributed by atoms with van der Waals surface area (Å²) in [6.45, 7) is 0. The van der Waals surface area contributed by atoms with Crippen molar-refractivity contribution in [1.29, 1.82) is 0 Å². The normalized spacial score (nSPS) is 11.0. The number of carbonyl (C=O) groups is 1. The summed E-state index contributed by atoms with van der Waals surface area (Å²) in [6, 6.07) is 24.2. The van der Waals surface area contributed by atoms with Gasteiger partial charge in [0.05, 0.1) is 39.5 Å². The average molecular weight is 454 g/mol. The molecule has 6 aromatic rings. The van der Waals surface area contributed by atoms with Crippen molar-refractivity contribution in [3.05, 3.63) is 109 Å². The quantitative estimate of drug-likeness (QED) is 0.351. The van der Waals surface area contributed by atoms with E-state index in [-0.39, 0.29) is 5.91 Å². The second-order valence-electron chi connectivity index (χ2n) is 7.91. The second kappa shape index (κ2) is 8.72. The van der Waals surface area contributed by atoms with Gasteiger partial charge in [0, 0.05) is 41.1 Å². The van der Waals surface area contributed by atoms with Crippen LogP contribution in [0.3, 0.4) is 0 Å². The van der Waals surface area contributed by atoms with Crippen LogP contribution in [-0.2, 0) is 0 Å². The number of nitrogens with zero attached hydrogens (tertiary/aromatic N) is 5. The van der Waals surface area contributed by atoms with Crippen molar-refractivity contribution in [2.75, 3.05) is 5.32 Å². The third kappa shape index (κ3) is 3.95. The van der Waals surface area contributed by atoms with Gasteiger partial charge in [-0.2, -0.15) is 0 Å². The van der Waals surface area contributed by atoms with E-state index in [0.29, 0.717) is 34.0 Å². The molecular formula is C28H18N6O. The molecule has 35 heavy (non-hydrogen) atoms. The van der Waals surface area contributed by atoms with Gasteiger partial charge in [-0.05, 0) is 60.7 Å². The summed E-state index contributed by atoms with van der Waals surface area (Å²) in [5, 5.41) is 4.79. The number of hydrogen-bond acceptors (Lipinski definition) is 6. The zero-order valence-electron chi connectivity index (χ0n) is 18.5. The molecule has 0 unspecified atom stereocenters. The van der Waals surface area contributed by atoms with E-state index in [0.717, 1.165) is 21.8 Å². The zero-order chi connectivity index (χ0) is 23.6. The number of rotatable bonds is 4. The average Bonchev–Trinajstić information content (AvgIpc) is 2.94. The minimum absolute atomic E-state index is 0.268. The number of hydrogen-bond donors (Lipinski definition) is 1. The summed E-state index contributed by atoms with van der Waals surface area (Å²) < 4.78 is 0. The van der Waals surface area contributed by atoms with E-state index in [9.17, 15) is 4.79 Å². The maximum atomic E-state index is 13.5. The van der Waals surface area contributed by atoms with Gasteiger partial charge in [-0.3, -0.25) is 24.7 Å². The molecule has 0 bridgehead atoms. The maximum absolute atomic E-state index is 13.5. The first-order chi connectivity index (χ1) is 17.3. The SMILES string of the molecule is O=C(Nc1cc2cccnc2c2ncccc12)c1cc(-c2ccccn2)nc(-c2ccccn2)c1. The predicted molar refractivity (Wildman–Crippen MR) is 136 cm³/mol. The maximum Gasteiger partial charge on any atom is 0.255 e. The second-order valence-corrected chi connectivity index (χ2v) is 7.91. The van der Waals surface area contributed by atoms with E-state index in [1.54, 1.807) is 36.9 Å². The highest BCUT2D eigenvalue weighted by Gasteiger charge is 2.16. The Morgan fingerprint density at radius 1 is 0.600 bits per heavy atom. The van der Waals surface area contributed by atoms with Crippen molar-refractivity contribution in [3.63, 3.8) is 0 Å². The van der Waals surface area contributed by atoms with Crippen LogP contribution < -0.4 is 5.32 Å². The van der Waals surface area contributed by atoms with E-state index in [1.807, 2.05) is 66.7 Å². The van der Waals surface area contributed by atoms with E-state index in [1.165, 1.54) is 0 Å². The molecule has 7 heteroatoms. The number of benzene rings is 1. The molecule has 6 rings (SSSR count). The van der Waals surface area contributed by atoms with E-state index < -0.39 is 0 Å². The Morgan fingerprint density at radius 2 is 1.23 bits per heavy atom. The molecule has 5 heterocycles. The third-order valence-corrected chi connectivity index (χ3v) is 5.65. The Bertz CT molecular complexity index is 1630. The molecule has 166 valence electrons. The van der Waals surface area contributed by atoms with Crippen LogP contribution in [0.25, 0.3) is 44.6 Å². The smallest absolute Gasteiger partial charge is 0.255 e.